The molecule has 1 aromatic heterocycles. The first-order valence-electron chi connectivity index (χ1n) is 7.17. The van der Waals surface area contributed by atoms with Gasteiger partial charge in [-0.15, -0.1) is 0 Å². The Balaban J connectivity index is 2.24. The molecule has 0 fully saturated rings. The number of nitrogens with zero attached hydrogens (tertiary/aromatic N) is 2. The van der Waals surface area contributed by atoms with Crippen LogP contribution < -0.4 is 0 Å². The molecule has 0 bridgehead atoms. The second kappa shape index (κ2) is 6.12. The molecule has 4 nitrogen and oxygen atoms in total. The molecule has 1 heterocycles. The Bertz CT molecular complexity index is 646. The van der Waals surface area contributed by atoms with Crippen molar-refractivity contribution >= 4 is 5.97 Å². The van der Waals surface area contributed by atoms with Crippen LogP contribution in [-0.2, 0) is 9.53 Å². The standard InChI is InChI=1S/C17H22N2O2/c1-11-7-6-8-16(12(11)2)13(3)17-9-19(10-18-17)14(4)21-15(5)20/h6-10,13-14H,1-5H3/t13-,14?/m0/s1. The highest BCUT2D eigenvalue weighted by atomic mass is 16.6. The van der Waals surface area contributed by atoms with Crippen LogP contribution in [0.1, 0.15) is 55.3 Å². The molecule has 0 N–H and O–H groups in total. The minimum Gasteiger partial charge on any atom is -0.442 e. The van der Waals surface area contributed by atoms with Crippen LogP contribution in [0.2, 0.25) is 0 Å². The third-order valence-corrected chi connectivity index (χ3v) is 3.93. The first-order chi connectivity index (χ1) is 9.90. The van der Waals surface area contributed by atoms with Gasteiger partial charge >= 0.3 is 5.97 Å². The van der Waals surface area contributed by atoms with Gasteiger partial charge in [0.1, 0.15) is 0 Å². The van der Waals surface area contributed by atoms with E-state index in [9.17, 15) is 4.79 Å². The van der Waals surface area contributed by atoms with E-state index in [4.69, 9.17) is 4.74 Å². The maximum absolute atomic E-state index is 11.0. The number of hydrogen-bond donors (Lipinski definition) is 0. The van der Waals surface area contributed by atoms with Crippen molar-refractivity contribution < 1.29 is 9.53 Å². The highest BCUT2D eigenvalue weighted by molar-refractivity contribution is 5.65. The van der Waals surface area contributed by atoms with Gasteiger partial charge in [-0.3, -0.25) is 4.79 Å². The second-order valence-electron chi connectivity index (χ2n) is 5.47. The monoisotopic (exact) mass is 286 g/mol. The summed E-state index contributed by atoms with van der Waals surface area (Å²) in [4.78, 5) is 15.5. The van der Waals surface area contributed by atoms with Gasteiger partial charge in [-0.05, 0) is 37.5 Å². The van der Waals surface area contributed by atoms with Crippen LogP contribution >= 0.6 is 0 Å². The number of carbonyl (C=O) groups excluding carboxylic acids is 1. The number of carbonyl (C=O) groups is 1. The molecule has 0 spiro atoms. The molecule has 0 amide bonds. The topological polar surface area (TPSA) is 44.1 Å². The van der Waals surface area contributed by atoms with Crippen LogP contribution in [-0.4, -0.2) is 15.5 Å². The lowest BCUT2D eigenvalue weighted by Crippen LogP contribution is -2.10. The molecular formula is C17H22N2O2. The van der Waals surface area contributed by atoms with E-state index < -0.39 is 0 Å². The number of aromatic nitrogens is 2. The van der Waals surface area contributed by atoms with Gasteiger partial charge in [-0.2, -0.15) is 0 Å². The Hall–Kier alpha value is -2.10. The maximum atomic E-state index is 11.0. The summed E-state index contributed by atoms with van der Waals surface area (Å²) >= 11 is 0. The molecule has 2 atom stereocenters. The van der Waals surface area contributed by atoms with Crippen molar-refractivity contribution in [3.05, 3.63) is 53.1 Å². The molecule has 0 aliphatic carbocycles. The summed E-state index contributed by atoms with van der Waals surface area (Å²) in [5, 5.41) is 0. The van der Waals surface area contributed by atoms with Gasteiger partial charge in [-0.25, -0.2) is 4.98 Å². The third-order valence-electron chi connectivity index (χ3n) is 3.93. The summed E-state index contributed by atoms with van der Waals surface area (Å²) in [7, 11) is 0. The Morgan fingerprint density at radius 3 is 2.67 bits per heavy atom. The predicted octanol–water partition coefficient (Wildman–Crippen LogP) is 3.73. The lowest BCUT2D eigenvalue weighted by molar-refractivity contribution is -0.149. The van der Waals surface area contributed by atoms with Crippen LogP contribution in [0.5, 0.6) is 0 Å². The van der Waals surface area contributed by atoms with Gasteiger partial charge in [0.05, 0.1) is 12.0 Å². The number of esters is 1. The Morgan fingerprint density at radius 1 is 1.29 bits per heavy atom. The smallest absolute Gasteiger partial charge is 0.304 e. The van der Waals surface area contributed by atoms with E-state index in [2.05, 4.69) is 44.0 Å². The van der Waals surface area contributed by atoms with E-state index in [1.54, 1.807) is 6.33 Å². The Labute approximate surface area is 125 Å². The molecule has 1 aromatic carbocycles. The quantitative estimate of drug-likeness (QED) is 0.804. The minimum absolute atomic E-state index is 0.204. The van der Waals surface area contributed by atoms with E-state index in [1.165, 1.54) is 23.6 Å². The van der Waals surface area contributed by atoms with Crippen LogP contribution in [0.3, 0.4) is 0 Å². The van der Waals surface area contributed by atoms with Crippen molar-refractivity contribution in [2.45, 2.75) is 46.8 Å². The van der Waals surface area contributed by atoms with Crippen LogP contribution in [0.25, 0.3) is 0 Å². The van der Waals surface area contributed by atoms with Gasteiger partial charge in [0.2, 0.25) is 0 Å². The molecule has 0 saturated heterocycles. The molecule has 2 rings (SSSR count). The zero-order valence-electron chi connectivity index (χ0n) is 13.3. The number of benzene rings is 1. The molecular weight excluding hydrogens is 264 g/mol. The van der Waals surface area contributed by atoms with E-state index in [0.29, 0.717) is 0 Å². The lowest BCUT2D eigenvalue weighted by atomic mass is 9.92. The summed E-state index contributed by atoms with van der Waals surface area (Å²) in [6, 6.07) is 6.33. The number of rotatable bonds is 4. The fourth-order valence-corrected chi connectivity index (χ4v) is 2.48. The highest BCUT2D eigenvalue weighted by Crippen LogP contribution is 2.27. The average Bonchev–Trinajstić information content (AvgIpc) is 2.90. The van der Waals surface area contributed by atoms with Crippen LogP contribution in [0, 0.1) is 13.8 Å². The molecule has 2 aromatic rings. The van der Waals surface area contributed by atoms with E-state index in [0.717, 1.165) is 5.69 Å². The van der Waals surface area contributed by atoms with E-state index >= 15 is 0 Å². The van der Waals surface area contributed by atoms with Crippen molar-refractivity contribution in [2.75, 3.05) is 0 Å². The largest absolute Gasteiger partial charge is 0.442 e. The molecule has 0 aliphatic heterocycles. The van der Waals surface area contributed by atoms with Gasteiger partial charge < -0.3 is 9.30 Å². The summed E-state index contributed by atoms with van der Waals surface area (Å²) in [6.45, 7) is 9.64. The minimum atomic E-state index is -0.338. The van der Waals surface area contributed by atoms with Crippen molar-refractivity contribution in [3.63, 3.8) is 0 Å². The summed E-state index contributed by atoms with van der Waals surface area (Å²) in [5.41, 5.74) is 4.84. The van der Waals surface area contributed by atoms with Crippen LogP contribution in [0.4, 0.5) is 0 Å². The van der Waals surface area contributed by atoms with E-state index in [-0.39, 0.29) is 18.1 Å². The maximum Gasteiger partial charge on any atom is 0.304 e. The Morgan fingerprint density at radius 2 is 2.00 bits per heavy atom. The number of hydrogen-bond acceptors (Lipinski definition) is 3. The molecule has 0 saturated carbocycles. The molecule has 1 unspecified atom stereocenters. The molecule has 112 valence electrons. The van der Waals surface area contributed by atoms with Crippen molar-refractivity contribution in [3.8, 4) is 0 Å². The summed E-state index contributed by atoms with van der Waals surface area (Å²) in [6.07, 6.45) is 3.32. The zero-order chi connectivity index (χ0) is 15.6. The summed E-state index contributed by atoms with van der Waals surface area (Å²) in [5.74, 6) is -0.0870. The number of ether oxygens (including phenoxy) is 1. The Kier molecular flexibility index (Phi) is 4.46. The van der Waals surface area contributed by atoms with Crippen molar-refractivity contribution in [2.24, 2.45) is 0 Å². The highest BCUT2D eigenvalue weighted by Gasteiger charge is 2.16. The molecule has 0 radical (unpaired) electrons. The first-order valence-corrected chi connectivity index (χ1v) is 7.17. The predicted molar refractivity (Wildman–Crippen MR) is 82.1 cm³/mol. The first kappa shape index (κ1) is 15.3. The van der Waals surface area contributed by atoms with Gasteiger partial charge in [0.15, 0.2) is 6.23 Å². The molecule has 4 heteroatoms. The molecule has 0 aliphatic rings. The lowest BCUT2D eigenvalue weighted by Gasteiger charge is -2.15. The fourth-order valence-electron chi connectivity index (χ4n) is 2.48. The fraction of sp³-hybridized carbons (Fsp3) is 0.412. The van der Waals surface area contributed by atoms with Crippen LogP contribution in [0.15, 0.2) is 30.7 Å². The molecule has 21 heavy (non-hydrogen) atoms. The van der Waals surface area contributed by atoms with Gasteiger partial charge in [0, 0.05) is 19.0 Å². The normalized spacial score (nSPS) is 13.8. The number of aryl methyl sites for hydroxylation is 1. The SMILES string of the molecule is CC(=O)OC(C)n1cnc([C@@H](C)c2cccc(C)c2C)c1. The van der Waals surface area contributed by atoms with Gasteiger partial charge in [0.25, 0.3) is 0 Å². The van der Waals surface area contributed by atoms with Crippen molar-refractivity contribution in [1.82, 2.24) is 9.55 Å². The van der Waals surface area contributed by atoms with Crippen molar-refractivity contribution in [1.29, 1.82) is 0 Å². The number of imidazole rings is 1. The zero-order valence-corrected chi connectivity index (χ0v) is 13.3. The van der Waals surface area contributed by atoms with E-state index in [1.807, 2.05) is 17.7 Å². The summed E-state index contributed by atoms with van der Waals surface area (Å²) < 4.78 is 6.98. The average molecular weight is 286 g/mol. The second-order valence-corrected chi connectivity index (χ2v) is 5.47. The van der Waals surface area contributed by atoms with Gasteiger partial charge in [-0.1, -0.05) is 25.1 Å². The third kappa shape index (κ3) is 3.32.